The summed E-state index contributed by atoms with van der Waals surface area (Å²) in [5.74, 6) is 1.66. The molecule has 3 heterocycles. The number of nitrogens with one attached hydrogen (secondary N) is 1. The maximum atomic E-state index is 6.29. The molecule has 1 aliphatic rings. The molecule has 0 spiro atoms. The number of hydrogen-bond acceptors (Lipinski definition) is 3. The number of pyridine rings is 1. The lowest BCUT2D eigenvalue weighted by Crippen LogP contribution is -2.29. The number of rotatable bonds is 4. The molecule has 6 heteroatoms. The normalized spacial score (nSPS) is 19.4. The molecule has 0 radical (unpaired) electrons. The van der Waals surface area contributed by atoms with E-state index in [1.54, 1.807) is 6.20 Å². The number of nitrogens with zero attached hydrogens (tertiary/aromatic N) is 2. The molecular formula is C21H20ClN3OS. The molecule has 0 amide bonds. The number of aromatic nitrogens is 1. The summed E-state index contributed by atoms with van der Waals surface area (Å²) in [4.78, 5) is 6.66. The zero-order chi connectivity index (χ0) is 19.0. The number of thiocarbonyl (C=S) groups is 1. The second-order valence-electron chi connectivity index (χ2n) is 6.57. The highest BCUT2D eigenvalue weighted by molar-refractivity contribution is 7.80. The molecule has 1 N–H and O–H groups in total. The minimum atomic E-state index is -0.0573. The first-order valence-corrected chi connectivity index (χ1v) is 9.71. The SMILES string of the molecule is CCN1C(=S)N[C@H](c2ccccn2)[C@H]1c1ccc(-c2cc(Cl)ccc2C)o1. The van der Waals surface area contributed by atoms with Crippen LogP contribution in [0.25, 0.3) is 11.3 Å². The van der Waals surface area contributed by atoms with Gasteiger partial charge in [0.15, 0.2) is 5.11 Å². The number of hydrogen-bond donors (Lipinski definition) is 1. The third-order valence-electron chi connectivity index (χ3n) is 4.92. The van der Waals surface area contributed by atoms with Gasteiger partial charge in [0.25, 0.3) is 0 Å². The number of benzene rings is 1. The van der Waals surface area contributed by atoms with Crippen molar-refractivity contribution in [2.24, 2.45) is 0 Å². The van der Waals surface area contributed by atoms with E-state index in [2.05, 4.69) is 29.0 Å². The molecule has 4 nitrogen and oxygen atoms in total. The lowest BCUT2D eigenvalue weighted by atomic mass is 10.0. The Bertz CT molecular complexity index is 973. The van der Waals surface area contributed by atoms with Crippen molar-refractivity contribution in [3.63, 3.8) is 0 Å². The Morgan fingerprint density at radius 1 is 1.22 bits per heavy atom. The van der Waals surface area contributed by atoms with Gasteiger partial charge < -0.3 is 14.6 Å². The third-order valence-corrected chi connectivity index (χ3v) is 5.51. The van der Waals surface area contributed by atoms with Crippen LogP contribution in [0.2, 0.25) is 5.02 Å². The van der Waals surface area contributed by atoms with E-state index in [-0.39, 0.29) is 12.1 Å². The van der Waals surface area contributed by atoms with E-state index in [1.165, 1.54) is 0 Å². The van der Waals surface area contributed by atoms with Crippen LogP contribution in [-0.2, 0) is 0 Å². The van der Waals surface area contributed by atoms with Gasteiger partial charge in [-0.3, -0.25) is 4.98 Å². The topological polar surface area (TPSA) is 41.3 Å². The maximum Gasteiger partial charge on any atom is 0.170 e. The van der Waals surface area contributed by atoms with Crippen LogP contribution in [0.3, 0.4) is 0 Å². The monoisotopic (exact) mass is 397 g/mol. The van der Waals surface area contributed by atoms with Gasteiger partial charge in [0.2, 0.25) is 0 Å². The fourth-order valence-corrected chi connectivity index (χ4v) is 4.11. The van der Waals surface area contributed by atoms with Crippen molar-refractivity contribution in [1.29, 1.82) is 0 Å². The summed E-state index contributed by atoms with van der Waals surface area (Å²) in [5.41, 5.74) is 3.06. The van der Waals surface area contributed by atoms with Crippen LogP contribution in [0.1, 0.15) is 36.0 Å². The highest BCUT2D eigenvalue weighted by Gasteiger charge is 2.40. The molecule has 1 fully saturated rings. The minimum Gasteiger partial charge on any atom is -0.459 e. The first-order valence-electron chi connectivity index (χ1n) is 8.93. The molecule has 1 aliphatic heterocycles. The summed E-state index contributed by atoms with van der Waals surface area (Å²) < 4.78 is 6.29. The predicted octanol–water partition coefficient (Wildman–Crippen LogP) is 5.30. The average molecular weight is 398 g/mol. The van der Waals surface area contributed by atoms with Crippen LogP contribution in [0, 0.1) is 6.92 Å². The first kappa shape index (κ1) is 18.0. The highest BCUT2D eigenvalue weighted by atomic mass is 35.5. The van der Waals surface area contributed by atoms with E-state index in [1.807, 2.05) is 48.5 Å². The average Bonchev–Trinajstić information content (AvgIpc) is 3.28. The van der Waals surface area contributed by atoms with Crippen molar-refractivity contribution in [1.82, 2.24) is 15.2 Å². The van der Waals surface area contributed by atoms with Crippen molar-refractivity contribution in [3.05, 3.63) is 76.8 Å². The molecule has 1 aromatic carbocycles. The first-order chi connectivity index (χ1) is 13.1. The van der Waals surface area contributed by atoms with Crippen molar-refractivity contribution >= 4 is 28.9 Å². The number of furan rings is 1. The second kappa shape index (κ2) is 7.33. The number of aryl methyl sites for hydroxylation is 1. The zero-order valence-corrected chi connectivity index (χ0v) is 16.7. The van der Waals surface area contributed by atoms with Gasteiger partial charge in [0.05, 0.1) is 11.7 Å². The molecule has 0 unspecified atom stereocenters. The van der Waals surface area contributed by atoms with E-state index in [4.69, 9.17) is 28.2 Å². The van der Waals surface area contributed by atoms with Gasteiger partial charge in [-0.15, -0.1) is 0 Å². The minimum absolute atomic E-state index is 0.0503. The molecular weight excluding hydrogens is 378 g/mol. The summed E-state index contributed by atoms with van der Waals surface area (Å²) in [6.45, 7) is 4.92. The van der Waals surface area contributed by atoms with Gasteiger partial charge >= 0.3 is 0 Å². The largest absolute Gasteiger partial charge is 0.459 e. The molecule has 27 heavy (non-hydrogen) atoms. The number of likely N-dealkylation sites (N-methyl/N-ethyl adjacent to an activating group) is 1. The number of halogens is 1. The summed E-state index contributed by atoms with van der Waals surface area (Å²) in [7, 11) is 0. The fraction of sp³-hybridized carbons (Fsp3) is 0.238. The molecule has 3 aromatic rings. The molecule has 0 saturated carbocycles. The Morgan fingerprint density at radius 2 is 2.07 bits per heavy atom. The smallest absolute Gasteiger partial charge is 0.170 e. The van der Waals surface area contributed by atoms with Crippen molar-refractivity contribution < 1.29 is 4.42 Å². The predicted molar refractivity (Wildman–Crippen MR) is 112 cm³/mol. The Balaban J connectivity index is 1.75. The van der Waals surface area contributed by atoms with Crippen LogP contribution < -0.4 is 5.32 Å². The molecule has 2 aromatic heterocycles. The van der Waals surface area contributed by atoms with Crippen LogP contribution in [0.5, 0.6) is 0 Å². The van der Waals surface area contributed by atoms with E-state index in [0.29, 0.717) is 5.02 Å². The van der Waals surface area contributed by atoms with Gasteiger partial charge in [-0.1, -0.05) is 23.7 Å². The van der Waals surface area contributed by atoms with E-state index in [0.717, 1.165) is 40.0 Å². The molecule has 1 saturated heterocycles. The molecule has 0 bridgehead atoms. The molecule has 4 rings (SSSR count). The van der Waals surface area contributed by atoms with Crippen LogP contribution in [0.15, 0.2) is 59.1 Å². The van der Waals surface area contributed by atoms with E-state index < -0.39 is 0 Å². The van der Waals surface area contributed by atoms with Gasteiger partial charge in [0.1, 0.15) is 17.6 Å². The zero-order valence-electron chi connectivity index (χ0n) is 15.1. The summed E-state index contributed by atoms with van der Waals surface area (Å²) in [6, 6.07) is 15.7. The molecule has 0 aliphatic carbocycles. The van der Waals surface area contributed by atoms with Gasteiger partial charge in [-0.05, 0) is 68.0 Å². The van der Waals surface area contributed by atoms with E-state index >= 15 is 0 Å². The van der Waals surface area contributed by atoms with Gasteiger partial charge in [-0.25, -0.2) is 0 Å². The Labute approximate surface area is 169 Å². The molecule has 2 atom stereocenters. The van der Waals surface area contributed by atoms with Gasteiger partial charge in [-0.2, -0.15) is 0 Å². The fourth-order valence-electron chi connectivity index (χ4n) is 3.57. The molecule has 138 valence electrons. The van der Waals surface area contributed by atoms with Gasteiger partial charge in [0, 0.05) is 23.3 Å². The lowest BCUT2D eigenvalue weighted by Gasteiger charge is -2.24. The Kier molecular flexibility index (Phi) is 4.89. The maximum absolute atomic E-state index is 6.29. The Morgan fingerprint density at radius 3 is 2.81 bits per heavy atom. The lowest BCUT2D eigenvalue weighted by molar-refractivity contribution is 0.284. The van der Waals surface area contributed by atoms with Crippen molar-refractivity contribution in [2.45, 2.75) is 25.9 Å². The highest BCUT2D eigenvalue weighted by Crippen LogP contribution is 2.40. The van der Waals surface area contributed by atoms with E-state index in [9.17, 15) is 0 Å². The van der Waals surface area contributed by atoms with Crippen LogP contribution in [-0.4, -0.2) is 21.5 Å². The van der Waals surface area contributed by atoms with Crippen molar-refractivity contribution in [2.75, 3.05) is 6.54 Å². The second-order valence-corrected chi connectivity index (χ2v) is 7.40. The summed E-state index contributed by atoms with van der Waals surface area (Å²) in [5, 5.41) is 4.81. The quantitative estimate of drug-likeness (QED) is 0.605. The summed E-state index contributed by atoms with van der Waals surface area (Å²) >= 11 is 11.7. The van der Waals surface area contributed by atoms with Crippen molar-refractivity contribution in [3.8, 4) is 11.3 Å². The van der Waals surface area contributed by atoms with Crippen LogP contribution >= 0.6 is 23.8 Å². The summed E-state index contributed by atoms with van der Waals surface area (Å²) in [6.07, 6.45) is 1.80. The third kappa shape index (κ3) is 3.33. The van der Waals surface area contributed by atoms with Crippen LogP contribution in [0.4, 0.5) is 0 Å². The Hall–Kier alpha value is -2.37. The standard InChI is InChI=1S/C21H20ClN3OS/c1-3-25-20(19(24-21(25)27)16-6-4-5-11-23-16)18-10-9-17(26-18)15-12-14(22)8-7-13(15)2/h4-12,19-20H,3H2,1-2H3,(H,24,27)/t19-,20-/m1/s1.